The Kier molecular flexibility index (Phi) is 4.36. The number of rotatable bonds is 6. The van der Waals surface area contributed by atoms with E-state index < -0.39 is 11.2 Å². The first-order valence-corrected chi connectivity index (χ1v) is 6.67. The van der Waals surface area contributed by atoms with Crippen LogP contribution in [0.15, 0.2) is 9.59 Å². The van der Waals surface area contributed by atoms with Crippen molar-refractivity contribution in [2.24, 2.45) is 0 Å². The molecule has 0 bridgehead atoms. The zero-order valence-corrected chi connectivity index (χ0v) is 11.9. The third-order valence-electron chi connectivity index (χ3n) is 3.08. The number of hydrogen-bond donors (Lipinski definition) is 4. The van der Waals surface area contributed by atoms with Crippen LogP contribution in [-0.2, 0) is 6.54 Å². The zero-order chi connectivity index (χ0) is 15.4. The zero-order valence-electron chi connectivity index (χ0n) is 11.9. The van der Waals surface area contributed by atoms with E-state index in [1.54, 1.807) is 6.92 Å². The van der Waals surface area contributed by atoms with E-state index in [9.17, 15) is 9.59 Å². The van der Waals surface area contributed by atoms with Crippen molar-refractivity contribution in [1.82, 2.24) is 30.2 Å². The van der Waals surface area contributed by atoms with Crippen molar-refractivity contribution < 1.29 is 0 Å². The van der Waals surface area contributed by atoms with Gasteiger partial charge in [-0.15, -0.1) is 10.2 Å². The number of tetrazole rings is 1. The van der Waals surface area contributed by atoms with Gasteiger partial charge in [0.1, 0.15) is 11.5 Å². The monoisotopic (exact) mass is 294 g/mol. The summed E-state index contributed by atoms with van der Waals surface area (Å²) in [5, 5.41) is 16.4. The molecular weight excluding hydrogens is 276 g/mol. The van der Waals surface area contributed by atoms with E-state index in [1.807, 2.05) is 6.92 Å². The molecule has 0 spiro atoms. The Morgan fingerprint density at radius 1 is 1.43 bits per heavy atom. The van der Waals surface area contributed by atoms with Crippen molar-refractivity contribution in [3.8, 4) is 0 Å². The number of nitrogens with two attached hydrogens (primary N) is 1. The molecule has 0 amide bonds. The Morgan fingerprint density at radius 3 is 2.81 bits per heavy atom. The Hall–Kier alpha value is -2.65. The summed E-state index contributed by atoms with van der Waals surface area (Å²) < 4.78 is 1.34. The molecule has 5 N–H and O–H groups in total. The van der Waals surface area contributed by atoms with Crippen molar-refractivity contribution in [2.45, 2.75) is 39.3 Å². The summed E-state index contributed by atoms with van der Waals surface area (Å²) >= 11 is 0. The summed E-state index contributed by atoms with van der Waals surface area (Å²) in [4.78, 5) is 26.0. The van der Waals surface area contributed by atoms with Crippen LogP contribution in [0.2, 0.25) is 0 Å². The smallest absolute Gasteiger partial charge is 0.330 e. The third-order valence-corrected chi connectivity index (χ3v) is 3.08. The van der Waals surface area contributed by atoms with Gasteiger partial charge < -0.3 is 11.1 Å². The molecule has 2 heterocycles. The number of nitrogen functional groups attached to an aromatic ring is 1. The maximum absolute atomic E-state index is 11.9. The standard InChI is InChI=1S/C11H18N8O2/c1-3-4-5-19-8(12)7(10(20)14-11(19)21)13-6(2)9-15-17-18-16-9/h6,13H,3-5,12H2,1-2H3,(H,14,20,21)(H,15,16,17,18). The van der Waals surface area contributed by atoms with E-state index >= 15 is 0 Å². The molecule has 1 unspecified atom stereocenters. The van der Waals surface area contributed by atoms with Gasteiger partial charge in [-0.3, -0.25) is 14.3 Å². The van der Waals surface area contributed by atoms with Gasteiger partial charge >= 0.3 is 5.69 Å². The first-order chi connectivity index (χ1) is 10.0. The summed E-state index contributed by atoms with van der Waals surface area (Å²) in [7, 11) is 0. The minimum absolute atomic E-state index is 0.104. The second-order valence-electron chi connectivity index (χ2n) is 4.66. The van der Waals surface area contributed by atoms with Crippen LogP contribution in [-0.4, -0.2) is 30.2 Å². The molecule has 2 rings (SSSR count). The van der Waals surface area contributed by atoms with Gasteiger partial charge in [0.25, 0.3) is 5.56 Å². The highest BCUT2D eigenvalue weighted by atomic mass is 16.2. The fourth-order valence-corrected chi connectivity index (χ4v) is 1.90. The molecule has 114 valence electrons. The van der Waals surface area contributed by atoms with Gasteiger partial charge in [-0.25, -0.2) is 4.79 Å². The number of nitrogens with one attached hydrogen (secondary N) is 3. The third kappa shape index (κ3) is 3.09. The van der Waals surface area contributed by atoms with E-state index in [4.69, 9.17) is 5.73 Å². The van der Waals surface area contributed by atoms with Crippen molar-refractivity contribution in [3.05, 3.63) is 26.7 Å². The maximum atomic E-state index is 11.9. The Balaban J connectivity index is 2.34. The molecule has 0 saturated carbocycles. The van der Waals surface area contributed by atoms with E-state index in [0.717, 1.165) is 12.8 Å². The lowest BCUT2D eigenvalue weighted by Crippen LogP contribution is -2.34. The van der Waals surface area contributed by atoms with E-state index in [0.29, 0.717) is 12.4 Å². The van der Waals surface area contributed by atoms with Gasteiger partial charge in [-0.05, 0) is 13.3 Å². The number of aromatic nitrogens is 6. The van der Waals surface area contributed by atoms with Crippen LogP contribution in [0.1, 0.15) is 38.6 Å². The maximum Gasteiger partial charge on any atom is 0.330 e. The van der Waals surface area contributed by atoms with Crippen LogP contribution >= 0.6 is 0 Å². The lowest BCUT2D eigenvalue weighted by Gasteiger charge is -2.16. The number of unbranched alkanes of at least 4 members (excludes halogenated alkanes) is 1. The Labute approximate surface area is 119 Å². The second kappa shape index (κ2) is 6.20. The molecule has 10 nitrogen and oxygen atoms in total. The molecule has 0 aromatic carbocycles. The van der Waals surface area contributed by atoms with Gasteiger partial charge in [0.2, 0.25) is 0 Å². The van der Waals surface area contributed by atoms with Crippen LogP contribution in [0.4, 0.5) is 11.5 Å². The molecule has 0 aliphatic carbocycles. The largest absolute Gasteiger partial charge is 0.383 e. The van der Waals surface area contributed by atoms with Crippen LogP contribution in [0.3, 0.4) is 0 Å². The highest BCUT2D eigenvalue weighted by Gasteiger charge is 2.17. The van der Waals surface area contributed by atoms with E-state index in [1.165, 1.54) is 4.57 Å². The van der Waals surface area contributed by atoms with Crippen LogP contribution < -0.4 is 22.3 Å². The van der Waals surface area contributed by atoms with Gasteiger partial charge in [0, 0.05) is 6.54 Å². The summed E-state index contributed by atoms with van der Waals surface area (Å²) in [5.41, 5.74) is 4.99. The minimum atomic E-state index is -0.569. The molecule has 0 aliphatic rings. The van der Waals surface area contributed by atoms with Crippen LogP contribution in [0.5, 0.6) is 0 Å². The second-order valence-corrected chi connectivity index (χ2v) is 4.66. The summed E-state index contributed by atoms with van der Waals surface area (Å²) in [6, 6.07) is -0.385. The number of aromatic amines is 2. The minimum Gasteiger partial charge on any atom is -0.383 e. The lowest BCUT2D eigenvalue weighted by molar-refractivity contribution is 0.604. The van der Waals surface area contributed by atoms with Gasteiger partial charge in [-0.1, -0.05) is 18.6 Å². The molecule has 0 aliphatic heterocycles. The highest BCUT2D eigenvalue weighted by Crippen LogP contribution is 2.17. The molecule has 0 fully saturated rings. The first kappa shape index (κ1) is 14.8. The molecule has 0 saturated heterocycles. The molecule has 2 aromatic heterocycles. The number of H-pyrrole nitrogens is 2. The van der Waals surface area contributed by atoms with Gasteiger partial charge in [0.05, 0.1) is 6.04 Å². The first-order valence-electron chi connectivity index (χ1n) is 6.67. The van der Waals surface area contributed by atoms with Crippen molar-refractivity contribution >= 4 is 11.5 Å². The van der Waals surface area contributed by atoms with Gasteiger partial charge in [0.15, 0.2) is 5.82 Å². The van der Waals surface area contributed by atoms with Crippen molar-refractivity contribution in [1.29, 1.82) is 0 Å². The predicted molar refractivity (Wildman–Crippen MR) is 76.9 cm³/mol. The lowest BCUT2D eigenvalue weighted by atomic mass is 10.3. The summed E-state index contributed by atoms with van der Waals surface area (Å²) in [6.07, 6.45) is 1.70. The number of nitrogens with zero attached hydrogens (tertiary/aromatic N) is 4. The van der Waals surface area contributed by atoms with E-state index in [-0.39, 0.29) is 17.5 Å². The predicted octanol–water partition coefficient (Wildman–Crippen LogP) is -0.395. The molecule has 2 aromatic rings. The molecule has 10 heteroatoms. The van der Waals surface area contributed by atoms with Crippen LogP contribution in [0, 0.1) is 0 Å². The fourth-order valence-electron chi connectivity index (χ4n) is 1.90. The average molecular weight is 294 g/mol. The normalized spacial score (nSPS) is 12.3. The molecule has 21 heavy (non-hydrogen) atoms. The molecule has 1 atom stereocenters. The SMILES string of the molecule is CCCCn1c(N)c(NC(C)c2nn[nH]n2)c(=O)[nH]c1=O. The highest BCUT2D eigenvalue weighted by molar-refractivity contribution is 5.61. The molecule has 0 radical (unpaired) electrons. The Bertz CT molecular complexity index is 702. The topological polar surface area (TPSA) is 147 Å². The Morgan fingerprint density at radius 2 is 2.19 bits per heavy atom. The number of hydrogen-bond acceptors (Lipinski definition) is 7. The van der Waals surface area contributed by atoms with Crippen molar-refractivity contribution in [3.63, 3.8) is 0 Å². The summed E-state index contributed by atoms with van der Waals surface area (Å²) in [5.74, 6) is 0.493. The number of anilines is 2. The van der Waals surface area contributed by atoms with Crippen molar-refractivity contribution in [2.75, 3.05) is 11.1 Å². The molecular formula is C11H18N8O2. The van der Waals surface area contributed by atoms with E-state index in [2.05, 4.69) is 30.9 Å². The van der Waals surface area contributed by atoms with Gasteiger partial charge in [-0.2, -0.15) is 5.21 Å². The average Bonchev–Trinajstić information content (AvgIpc) is 2.97. The fraction of sp³-hybridized carbons (Fsp3) is 0.545. The summed E-state index contributed by atoms with van der Waals surface area (Å²) in [6.45, 7) is 4.21. The quantitative estimate of drug-likeness (QED) is 0.566. The van der Waals surface area contributed by atoms with Crippen LogP contribution in [0.25, 0.3) is 0 Å².